The van der Waals surface area contributed by atoms with Crippen LogP contribution in [0, 0.1) is 0 Å². The van der Waals surface area contributed by atoms with Crippen molar-refractivity contribution in [3.63, 3.8) is 0 Å². The second-order valence-corrected chi connectivity index (χ2v) is 5.15. The van der Waals surface area contributed by atoms with Crippen LogP contribution in [0.5, 0.6) is 0 Å². The molecule has 2 aromatic heterocycles. The minimum Gasteiger partial charge on any atom is -0.334 e. The number of carbonyl (C=O) groups is 1. The van der Waals surface area contributed by atoms with Crippen molar-refractivity contribution >= 4 is 27.3 Å². The van der Waals surface area contributed by atoms with Crippen LogP contribution < -0.4 is 0 Å². The molecule has 0 bridgehead atoms. The summed E-state index contributed by atoms with van der Waals surface area (Å²) in [6.07, 6.45) is 1.44. The number of thiophene rings is 1. The van der Waals surface area contributed by atoms with Crippen molar-refractivity contribution in [1.29, 1.82) is 0 Å². The summed E-state index contributed by atoms with van der Waals surface area (Å²) in [7, 11) is 1.76. The number of benzene rings is 1. The number of H-pyrrole nitrogens is 1. The Balaban J connectivity index is 1.87. The van der Waals surface area contributed by atoms with Gasteiger partial charge in [0.15, 0.2) is 0 Å². The van der Waals surface area contributed by atoms with Crippen molar-refractivity contribution in [2.75, 3.05) is 7.05 Å². The van der Waals surface area contributed by atoms with E-state index in [0.29, 0.717) is 12.4 Å². The highest BCUT2D eigenvalue weighted by Gasteiger charge is 2.17. The molecule has 19 heavy (non-hydrogen) atoms. The van der Waals surface area contributed by atoms with Crippen LogP contribution >= 0.6 is 11.3 Å². The highest BCUT2D eigenvalue weighted by atomic mass is 32.1. The van der Waals surface area contributed by atoms with Crippen molar-refractivity contribution < 1.29 is 4.79 Å². The molecule has 6 heteroatoms. The minimum atomic E-state index is -0.00569. The third-order valence-corrected chi connectivity index (χ3v) is 3.87. The lowest BCUT2D eigenvalue weighted by Crippen LogP contribution is -2.26. The molecule has 0 aliphatic carbocycles. The third-order valence-electron chi connectivity index (χ3n) is 2.91. The number of nitrogens with zero attached hydrogens (tertiary/aromatic N) is 3. The van der Waals surface area contributed by atoms with Gasteiger partial charge in [-0.15, -0.1) is 11.3 Å². The summed E-state index contributed by atoms with van der Waals surface area (Å²) in [5.74, 6) is 0.671. The van der Waals surface area contributed by atoms with E-state index < -0.39 is 0 Å². The molecule has 5 nitrogen and oxygen atoms in total. The Labute approximate surface area is 113 Å². The molecular weight excluding hydrogens is 260 g/mol. The van der Waals surface area contributed by atoms with E-state index in [1.54, 1.807) is 23.3 Å². The zero-order valence-electron chi connectivity index (χ0n) is 10.3. The Morgan fingerprint density at radius 1 is 1.42 bits per heavy atom. The van der Waals surface area contributed by atoms with Crippen LogP contribution in [0.15, 0.2) is 36.0 Å². The molecule has 0 saturated heterocycles. The molecule has 0 saturated carbocycles. The van der Waals surface area contributed by atoms with Gasteiger partial charge in [-0.2, -0.15) is 5.10 Å². The fourth-order valence-electron chi connectivity index (χ4n) is 1.95. The van der Waals surface area contributed by atoms with Gasteiger partial charge in [-0.3, -0.25) is 9.89 Å². The Morgan fingerprint density at radius 2 is 2.26 bits per heavy atom. The van der Waals surface area contributed by atoms with E-state index in [1.807, 2.05) is 29.6 Å². The monoisotopic (exact) mass is 272 g/mol. The number of carbonyl (C=O) groups excluding carboxylic acids is 1. The Hall–Kier alpha value is -2.21. The molecule has 1 amide bonds. The van der Waals surface area contributed by atoms with Gasteiger partial charge in [-0.1, -0.05) is 18.2 Å². The number of amides is 1. The summed E-state index contributed by atoms with van der Waals surface area (Å²) in [6.45, 7) is 0.420. The molecule has 96 valence electrons. The summed E-state index contributed by atoms with van der Waals surface area (Å²) in [6, 6.07) is 7.92. The average molecular weight is 272 g/mol. The van der Waals surface area contributed by atoms with E-state index in [9.17, 15) is 4.79 Å². The van der Waals surface area contributed by atoms with Crippen LogP contribution in [0.4, 0.5) is 0 Å². The number of rotatable bonds is 3. The quantitative estimate of drug-likeness (QED) is 0.795. The van der Waals surface area contributed by atoms with Gasteiger partial charge in [0.25, 0.3) is 5.91 Å². The lowest BCUT2D eigenvalue weighted by molar-refractivity contribution is 0.0784. The van der Waals surface area contributed by atoms with Crippen molar-refractivity contribution in [2.24, 2.45) is 0 Å². The summed E-state index contributed by atoms with van der Waals surface area (Å²) < 4.78 is 1.12. The van der Waals surface area contributed by atoms with Crippen LogP contribution in [0.3, 0.4) is 0 Å². The van der Waals surface area contributed by atoms with Gasteiger partial charge < -0.3 is 4.90 Å². The SMILES string of the molecule is CN(Cc1ncn[nH]1)C(=O)c1csc2ccccc12. The first-order chi connectivity index (χ1) is 9.25. The number of nitrogens with one attached hydrogen (secondary N) is 1. The molecule has 0 aliphatic heterocycles. The maximum Gasteiger partial charge on any atom is 0.255 e. The number of hydrogen-bond acceptors (Lipinski definition) is 4. The zero-order valence-corrected chi connectivity index (χ0v) is 11.1. The molecule has 0 fully saturated rings. The molecule has 0 atom stereocenters. The van der Waals surface area contributed by atoms with E-state index in [4.69, 9.17) is 0 Å². The van der Waals surface area contributed by atoms with E-state index in [2.05, 4.69) is 15.2 Å². The highest BCUT2D eigenvalue weighted by molar-refractivity contribution is 7.17. The van der Waals surface area contributed by atoms with E-state index in [-0.39, 0.29) is 5.91 Å². The normalized spacial score (nSPS) is 10.8. The largest absolute Gasteiger partial charge is 0.334 e. The lowest BCUT2D eigenvalue weighted by atomic mass is 10.1. The van der Waals surface area contributed by atoms with Gasteiger partial charge in [0.05, 0.1) is 12.1 Å². The maximum absolute atomic E-state index is 12.4. The van der Waals surface area contributed by atoms with Crippen LogP contribution in [0.1, 0.15) is 16.2 Å². The predicted molar refractivity (Wildman–Crippen MR) is 74.0 cm³/mol. The summed E-state index contributed by atoms with van der Waals surface area (Å²) in [5.41, 5.74) is 0.739. The first-order valence-electron chi connectivity index (χ1n) is 5.81. The summed E-state index contributed by atoms with van der Waals surface area (Å²) in [4.78, 5) is 18.1. The number of hydrogen-bond donors (Lipinski definition) is 1. The fourth-order valence-corrected chi connectivity index (χ4v) is 2.89. The smallest absolute Gasteiger partial charge is 0.255 e. The van der Waals surface area contributed by atoms with Crippen LogP contribution in [0.2, 0.25) is 0 Å². The number of fused-ring (bicyclic) bond motifs is 1. The molecule has 1 aromatic carbocycles. The fraction of sp³-hybridized carbons (Fsp3) is 0.154. The Kier molecular flexibility index (Phi) is 3.00. The third kappa shape index (κ3) is 2.22. The Bertz CT molecular complexity index is 704. The number of aromatic nitrogens is 3. The second-order valence-electron chi connectivity index (χ2n) is 4.24. The lowest BCUT2D eigenvalue weighted by Gasteiger charge is -2.14. The van der Waals surface area contributed by atoms with Crippen LogP contribution in [-0.2, 0) is 6.54 Å². The van der Waals surface area contributed by atoms with Crippen molar-refractivity contribution in [3.05, 3.63) is 47.4 Å². The van der Waals surface area contributed by atoms with Crippen molar-refractivity contribution in [2.45, 2.75) is 6.54 Å². The first kappa shape index (κ1) is 11.9. The molecule has 0 aliphatic rings. The molecule has 0 radical (unpaired) electrons. The van der Waals surface area contributed by atoms with Gasteiger partial charge in [0.1, 0.15) is 12.2 Å². The van der Waals surface area contributed by atoms with Gasteiger partial charge in [0, 0.05) is 22.5 Å². The molecule has 0 spiro atoms. The van der Waals surface area contributed by atoms with E-state index in [1.165, 1.54) is 6.33 Å². The maximum atomic E-state index is 12.4. The van der Waals surface area contributed by atoms with Crippen LogP contribution in [0.25, 0.3) is 10.1 Å². The second kappa shape index (κ2) is 4.81. The molecule has 2 heterocycles. The highest BCUT2D eigenvalue weighted by Crippen LogP contribution is 2.26. The summed E-state index contributed by atoms with van der Waals surface area (Å²) >= 11 is 1.58. The topological polar surface area (TPSA) is 61.9 Å². The minimum absolute atomic E-state index is 0.00569. The van der Waals surface area contributed by atoms with Gasteiger partial charge in [0.2, 0.25) is 0 Å². The molecule has 0 unspecified atom stereocenters. The van der Waals surface area contributed by atoms with E-state index in [0.717, 1.165) is 15.6 Å². The first-order valence-corrected chi connectivity index (χ1v) is 6.69. The standard InChI is InChI=1S/C13H12N4OS/c1-17(6-12-14-8-15-16-12)13(18)10-7-19-11-5-3-2-4-9(10)11/h2-5,7-8H,6H2,1H3,(H,14,15,16). The zero-order chi connectivity index (χ0) is 13.2. The van der Waals surface area contributed by atoms with E-state index >= 15 is 0 Å². The number of aromatic amines is 1. The molecular formula is C13H12N4OS. The molecule has 3 rings (SSSR count). The Morgan fingerprint density at radius 3 is 3.05 bits per heavy atom. The summed E-state index contributed by atoms with van der Waals surface area (Å²) in [5, 5.41) is 9.44. The molecule has 1 N–H and O–H groups in total. The predicted octanol–water partition coefficient (Wildman–Crippen LogP) is 2.29. The molecule has 3 aromatic rings. The van der Waals surface area contributed by atoms with Gasteiger partial charge in [-0.25, -0.2) is 4.98 Å². The van der Waals surface area contributed by atoms with Gasteiger partial charge >= 0.3 is 0 Å². The van der Waals surface area contributed by atoms with Crippen molar-refractivity contribution in [1.82, 2.24) is 20.1 Å². The van der Waals surface area contributed by atoms with Gasteiger partial charge in [-0.05, 0) is 6.07 Å². The average Bonchev–Trinajstić information content (AvgIpc) is 3.06. The van der Waals surface area contributed by atoms with Crippen LogP contribution in [-0.4, -0.2) is 33.0 Å². The van der Waals surface area contributed by atoms with Crippen molar-refractivity contribution in [3.8, 4) is 0 Å².